The average Bonchev–Trinajstić information content (AvgIpc) is 2.45. The molecule has 1 N–H and O–H groups in total. The largest absolute Gasteiger partial charge is 0.466 e. The number of rotatable bonds is 3. The molecule has 3 nitrogen and oxygen atoms in total. The number of carbonyl (C=O) groups excluding carboxylic acids is 1. The van der Waals surface area contributed by atoms with Gasteiger partial charge in [0.1, 0.15) is 6.10 Å². The molecule has 0 amide bonds. The second kappa shape index (κ2) is 5.59. The maximum atomic E-state index is 11.4. The molecule has 0 fully saturated rings. The lowest BCUT2D eigenvalue weighted by molar-refractivity contribution is -0.137. The summed E-state index contributed by atoms with van der Waals surface area (Å²) in [5, 5.41) is 10.7. The Balaban J connectivity index is 2.36. The van der Waals surface area contributed by atoms with E-state index in [1.54, 1.807) is 0 Å². The minimum atomic E-state index is -1.09. The standard InChI is InChI=1S/C15H15ClO3/c1-9(15(18)19-2)14(17)12-8-7-10-5-3-4-6-11(10)13(12)16/h3-6,14,17H,1,7-8H2,2H3. The number of aliphatic hydroxyl groups excluding tert-OH is 1. The van der Waals surface area contributed by atoms with Crippen LogP contribution in [-0.4, -0.2) is 24.3 Å². The van der Waals surface area contributed by atoms with Crippen LogP contribution in [0.4, 0.5) is 0 Å². The van der Waals surface area contributed by atoms with Gasteiger partial charge in [-0.3, -0.25) is 0 Å². The van der Waals surface area contributed by atoms with Crippen molar-refractivity contribution < 1.29 is 14.6 Å². The highest BCUT2D eigenvalue weighted by Crippen LogP contribution is 2.36. The molecule has 1 aromatic carbocycles. The molecule has 2 rings (SSSR count). The number of ether oxygens (including phenoxy) is 1. The normalized spacial score (nSPS) is 15.7. The van der Waals surface area contributed by atoms with E-state index in [1.807, 2.05) is 24.3 Å². The molecular formula is C15H15ClO3. The number of aliphatic hydroxyl groups is 1. The molecule has 0 spiro atoms. The molecule has 0 bridgehead atoms. The maximum absolute atomic E-state index is 11.4. The summed E-state index contributed by atoms with van der Waals surface area (Å²) in [6.45, 7) is 3.57. The SMILES string of the molecule is C=C(C(=O)OC)C(O)C1=C(Cl)c2ccccc2CC1. The van der Waals surface area contributed by atoms with E-state index < -0.39 is 12.1 Å². The summed E-state index contributed by atoms with van der Waals surface area (Å²) in [6.07, 6.45) is 0.300. The van der Waals surface area contributed by atoms with Gasteiger partial charge in [-0.05, 0) is 29.5 Å². The Morgan fingerprint density at radius 2 is 2.11 bits per heavy atom. The van der Waals surface area contributed by atoms with Gasteiger partial charge in [0, 0.05) is 0 Å². The fraction of sp³-hybridized carbons (Fsp3) is 0.267. The van der Waals surface area contributed by atoms with E-state index in [-0.39, 0.29) is 5.57 Å². The molecule has 0 heterocycles. The predicted octanol–water partition coefficient (Wildman–Crippen LogP) is 2.67. The van der Waals surface area contributed by atoms with E-state index >= 15 is 0 Å². The lowest BCUT2D eigenvalue weighted by Gasteiger charge is -2.23. The molecule has 1 aliphatic carbocycles. The van der Waals surface area contributed by atoms with Crippen molar-refractivity contribution >= 4 is 22.6 Å². The van der Waals surface area contributed by atoms with Gasteiger partial charge in [-0.2, -0.15) is 0 Å². The highest BCUT2D eigenvalue weighted by atomic mass is 35.5. The number of aryl methyl sites for hydroxylation is 1. The molecule has 1 unspecified atom stereocenters. The molecule has 0 aromatic heterocycles. The summed E-state index contributed by atoms with van der Waals surface area (Å²) in [5.41, 5.74) is 2.68. The molecule has 19 heavy (non-hydrogen) atoms. The summed E-state index contributed by atoms with van der Waals surface area (Å²) in [4.78, 5) is 11.4. The third kappa shape index (κ3) is 2.57. The second-order valence-corrected chi connectivity index (χ2v) is 4.79. The first kappa shape index (κ1) is 13.8. The molecule has 0 saturated carbocycles. The molecule has 4 heteroatoms. The number of carbonyl (C=O) groups is 1. The Kier molecular flexibility index (Phi) is 4.08. The van der Waals surface area contributed by atoms with Crippen LogP contribution in [-0.2, 0) is 16.0 Å². The van der Waals surface area contributed by atoms with Crippen molar-refractivity contribution in [2.24, 2.45) is 0 Å². The van der Waals surface area contributed by atoms with Crippen LogP contribution in [0.15, 0.2) is 42.0 Å². The Morgan fingerprint density at radius 3 is 2.79 bits per heavy atom. The molecule has 1 aromatic rings. The number of benzene rings is 1. The number of fused-ring (bicyclic) bond motifs is 1. The molecule has 0 radical (unpaired) electrons. The zero-order chi connectivity index (χ0) is 14.0. The average molecular weight is 279 g/mol. The molecular weight excluding hydrogens is 264 g/mol. The van der Waals surface area contributed by atoms with Gasteiger partial charge in [0.05, 0.1) is 17.7 Å². The van der Waals surface area contributed by atoms with Crippen LogP contribution in [0, 0.1) is 0 Å². The number of halogens is 1. The third-order valence-electron chi connectivity index (χ3n) is 3.31. The zero-order valence-electron chi connectivity index (χ0n) is 10.6. The number of hydrogen-bond donors (Lipinski definition) is 1. The summed E-state index contributed by atoms with van der Waals surface area (Å²) in [5.74, 6) is -0.622. The van der Waals surface area contributed by atoms with Crippen molar-refractivity contribution in [3.05, 3.63) is 53.1 Å². The second-order valence-electron chi connectivity index (χ2n) is 4.42. The minimum Gasteiger partial charge on any atom is -0.466 e. The van der Waals surface area contributed by atoms with Crippen molar-refractivity contribution in [1.29, 1.82) is 0 Å². The van der Waals surface area contributed by atoms with Gasteiger partial charge in [-0.25, -0.2) is 4.79 Å². The van der Waals surface area contributed by atoms with E-state index in [9.17, 15) is 9.90 Å². The summed E-state index contributed by atoms with van der Waals surface area (Å²) >= 11 is 6.33. The summed E-state index contributed by atoms with van der Waals surface area (Å²) in [7, 11) is 1.26. The topological polar surface area (TPSA) is 46.5 Å². The van der Waals surface area contributed by atoms with Gasteiger partial charge in [0.25, 0.3) is 0 Å². The monoisotopic (exact) mass is 278 g/mol. The highest BCUT2D eigenvalue weighted by Gasteiger charge is 2.27. The van der Waals surface area contributed by atoms with Crippen LogP contribution in [0.2, 0.25) is 0 Å². The lowest BCUT2D eigenvalue weighted by atomic mass is 9.87. The Morgan fingerprint density at radius 1 is 1.42 bits per heavy atom. The van der Waals surface area contributed by atoms with Crippen LogP contribution in [0.1, 0.15) is 17.5 Å². The van der Waals surface area contributed by atoms with E-state index in [4.69, 9.17) is 11.6 Å². The number of esters is 1. The molecule has 100 valence electrons. The van der Waals surface area contributed by atoms with Gasteiger partial charge in [-0.15, -0.1) is 0 Å². The van der Waals surface area contributed by atoms with Crippen molar-refractivity contribution in [2.75, 3.05) is 7.11 Å². The first-order valence-corrected chi connectivity index (χ1v) is 6.36. The zero-order valence-corrected chi connectivity index (χ0v) is 11.4. The first-order valence-electron chi connectivity index (χ1n) is 5.98. The number of hydrogen-bond acceptors (Lipinski definition) is 3. The first-order chi connectivity index (χ1) is 9.06. The maximum Gasteiger partial charge on any atom is 0.336 e. The van der Waals surface area contributed by atoms with Crippen molar-refractivity contribution in [1.82, 2.24) is 0 Å². The fourth-order valence-corrected chi connectivity index (χ4v) is 2.60. The summed E-state index contributed by atoms with van der Waals surface area (Å²) < 4.78 is 4.56. The van der Waals surface area contributed by atoms with Crippen LogP contribution in [0.5, 0.6) is 0 Å². The van der Waals surface area contributed by atoms with Crippen molar-refractivity contribution in [3.8, 4) is 0 Å². The number of methoxy groups -OCH3 is 1. The molecule has 1 aliphatic rings. The van der Waals surface area contributed by atoms with Gasteiger partial charge in [0.15, 0.2) is 0 Å². The van der Waals surface area contributed by atoms with E-state index in [0.717, 1.165) is 17.5 Å². The summed E-state index contributed by atoms with van der Waals surface area (Å²) in [6, 6.07) is 7.77. The van der Waals surface area contributed by atoms with Gasteiger partial charge in [-0.1, -0.05) is 42.4 Å². The van der Waals surface area contributed by atoms with Crippen LogP contribution in [0.3, 0.4) is 0 Å². The predicted molar refractivity (Wildman–Crippen MR) is 74.7 cm³/mol. The minimum absolute atomic E-state index is 0.00929. The van der Waals surface area contributed by atoms with Gasteiger partial charge in [0.2, 0.25) is 0 Å². The van der Waals surface area contributed by atoms with Gasteiger partial charge >= 0.3 is 5.97 Å². The lowest BCUT2D eigenvalue weighted by Crippen LogP contribution is -2.23. The van der Waals surface area contributed by atoms with E-state index in [2.05, 4.69) is 11.3 Å². The Bertz CT molecular complexity index is 560. The van der Waals surface area contributed by atoms with Crippen LogP contribution >= 0.6 is 11.6 Å². The van der Waals surface area contributed by atoms with Crippen LogP contribution < -0.4 is 0 Å². The van der Waals surface area contributed by atoms with Crippen molar-refractivity contribution in [2.45, 2.75) is 18.9 Å². The Labute approximate surface area is 117 Å². The molecule has 0 aliphatic heterocycles. The molecule has 0 saturated heterocycles. The van der Waals surface area contributed by atoms with E-state index in [1.165, 1.54) is 7.11 Å². The highest BCUT2D eigenvalue weighted by molar-refractivity contribution is 6.49. The quantitative estimate of drug-likeness (QED) is 0.683. The Hall–Kier alpha value is -1.58. The van der Waals surface area contributed by atoms with Crippen molar-refractivity contribution in [3.63, 3.8) is 0 Å². The van der Waals surface area contributed by atoms with Gasteiger partial charge < -0.3 is 9.84 Å². The van der Waals surface area contributed by atoms with E-state index in [0.29, 0.717) is 17.0 Å². The van der Waals surface area contributed by atoms with Crippen LogP contribution in [0.25, 0.3) is 5.03 Å². The third-order valence-corrected chi connectivity index (χ3v) is 3.75. The smallest absolute Gasteiger partial charge is 0.336 e. The fourth-order valence-electron chi connectivity index (χ4n) is 2.21. The molecule has 1 atom stereocenters.